The standard InChI is InChI=1S/C17H26N2O4S/c1-17(2,3)23-16(22)19-10-14(11-4-5-11)18-9-13-7-6-12(24-13)8-15(20)21/h6-7,11,14,18H,4-5,8-10H2,1-3H3,(H,19,22)(H,20,21). The predicted octanol–water partition coefficient (Wildman–Crippen LogP) is 2.77. The van der Waals surface area contributed by atoms with Crippen LogP contribution in [0.1, 0.15) is 43.4 Å². The smallest absolute Gasteiger partial charge is 0.407 e. The maximum atomic E-state index is 11.8. The summed E-state index contributed by atoms with van der Waals surface area (Å²) >= 11 is 1.51. The number of carbonyl (C=O) groups excluding carboxylic acids is 1. The molecule has 1 aliphatic rings. The number of carboxylic acids is 1. The monoisotopic (exact) mass is 354 g/mol. The Morgan fingerprint density at radius 1 is 1.33 bits per heavy atom. The van der Waals surface area contributed by atoms with E-state index in [9.17, 15) is 9.59 Å². The van der Waals surface area contributed by atoms with E-state index in [1.807, 2.05) is 32.9 Å². The van der Waals surface area contributed by atoms with Crippen LogP contribution in [0.3, 0.4) is 0 Å². The zero-order valence-electron chi connectivity index (χ0n) is 14.4. The van der Waals surface area contributed by atoms with Crippen molar-refractivity contribution in [3.05, 3.63) is 21.9 Å². The first-order chi connectivity index (χ1) is 11.2. The van der Waals surface area contributed by atoms with Gasteiger partial charge < -0.3 is 20.5 Å². The first-order valence-corrected chi connectivity index (χ1v) is 9.04. The summed E-state index contributed by atoms with van der Waals surface area (Å²) < 4.78 is 5.26. The quantitative estimate of drug-likeness (QED) is 0.668. The summed E-state index contributed by atoms with van der Waals surface area (Å²) in [6.07, 6.45) is 2.01. The number of alkyl carbamates (subject to hydrolysis) is 1. The van der Waals surface area contributed by atoms with E-state index in [4.69, 9.17) is 9.84 Å². The molecule has 0 radical (unpaired) electrons. The Hall–Kier alpha value is -1.60. The number of thiophene rings is 1. The van der Waals surface area contributed by atoms with Crippen molar-refractivity contribution >= 4 is 23.4 Å². The van der Waals surface area contributed by atoms with Crippen LogP contribution >= 0.6 is 11.3 Å². The SMILES string of the molecule is CC(C)(C)OC(=O)NCC(NCc1ccc(CC(=O)O)s1)C1CC1. The van der Waals surface area contributed by atoms with Crippen LogP contribution in [0.4, 0.5) is 4.79 Å². The molecule has 1 atom stereocenters. The summed E-state index contributed by atoms with van der Waals surface area (Å²) in [5, 5.41) is 15.1. The molecule has 1 unspecified atom stereocenters. The van der Waals surface area contributed by atoms with Crippen molar-refractivity contribution in [1.82, 2.24) is 10.6 Å². The van der Waals surface area contributed by atoms with Gasteiger partial charge in [0.25, 0.3) is 0 Å². The van der Waals surface area contributed by atoms with Gasteiger partial charge in [0.15, 0.2) is 0 Å². The van der Waals surface area contributed by atoms with E-state index in [-0.39, 0.29) is 12.5 Å². The van der Waals surface area contributed by atoms with Gasteiger partial charge in [-0.3, -0.25) is 4.79 Å². The van der Waals surface area contributed by atoms with Gasteiger partial charge in [-0.05, 0) is 51.7 Å². The number of ether oxygens (including phenoxy) is 1. The fourth-order valence-electron chi connectivity index (χ4n) is 2.40. The van der Waals surface area contributed by atoms with Crippen molar-refractivity contribution in [2.24, 2.45) is 5.92 Å². The molecule has 134 valence electrons. The highest BCUT2D eigenvalue weighted by Gasteiger charge is 2.31. The summed E-state index contributed by atoms with van der Waals surface area (Å²) in [7, 11) is 0. The van der Waals surface area contributed by atoms with Crippen LogP contribution in [0.2, 0.25) is 0 Å². The molecule has 7 heteroatoms. The van der Waals surface area contributed by atoms with Crippen LogP contribution in [0.15, 0.2) is 12.1 Å². The summed E-state index contributed by atoms with van der Waals surface area (Å²) in [5.41, 5.74) is -0.496. The Bertz CT molecular complexity index is 575. The molecule has 0 bridgehead atoms. The minimum atomic E-state index is -0.811. The Balaban J connectivity index is 1.78. The third kappa shape index (κ3) is 6.88. The average Bonchev–Trinajstić information content (AvgIpc) is 3.18. The fourth-order valence-corrected chi connectivity index (χ4v) is 3.36. The Morgan fingerprint density at radius 2 is 2.00 bits per heavy atom. The molecule has 0 saturated heterocycles. The van der Waals surface area contributed by atoms with Crippen molar-refractivity contribution < 1.29 is 19.4 Å². The van der Waals surface area contributed by atoms with Gasteiger partial charge in [-0.2, -0.15) is 0 Å². The highest BCUT2D eigenvalue weighted by molar-refractivity contribution is 7.12. The maximum absolute atomic E-state index is 11.8. The first kappa shape index (κ1) is 18.7. The van der Waals surface area contributed by atoms with Gasteiger partial charge in [0.2, 0.25) is 0 Å². The number of nitrogens with one attached hydrogen (secondary N) is 2. The first-order valence-electron chi connectivity index (χ1n) is 8.22. The molecule has 0 aromatic carbocycles. The van der Waals surface area contributed by atoms with E-state index in [0.29, 0.717) is 19.0 Å². The molecule has 3 N–H and O–H groups in total. The zero-order valence-corrected chi connectivity index (χ0v) is 15.2. The van der Waals surface area contributed by atoms with E-state index < -0.39 is 17.7 Å². The molecule has 6 nitrogen and oxygen atoms in total. The van der Waals surface area contributed by atoms with Gasteiger partial charge in [0.1, 0.15) is 5.60 Å². The molecule has 1 fully saturated rings. The normalized spacial score (nSPS) is 15.8. The van der Waals surface area contributed by atoms with E-state index in [0.717, 1.165) is 9.75 Å². The highest BCUT2D eigenvalue weighted by Crippen LogP contribution is 2.32. The molecular formula is C17H26N2O4S. The van der Waals surface area contributed by atoms with Crippen LogP contribution < -0.4 is 10.6 Å². The molecule has 24 heavy (non-hydrogen) atoms. The van der Waals surface area contributed by atoms with E-state index >= 15 is 0 Å². The van der Waals surface area contributed by atoms with Crippen LogP contribution in [-0.4, -0.2) is 35.4 Å². The second-order valence-electron chi connectivity index (χ2n) is 7.15. The third-order valence-corrected chi connectivity index (χ3v) is 4.72. The van der Waals surface area contributed by atoms with E-state index in [2.05, 4.69) is 10.6 Å². The number of carboxylic acid groups (broad SMARTS) is 1. The molecule has 1 saturated carbocycles. The maximum Gasteiger partial charge on any atom is 0.407 e. The number of aliphatic carboxylic acids is 1. The van der Waals surface area contributed by atoms with Gasteiger partial charge in [-0.25, -0.2) is 4.79 Å². The van der Waals surface area contributed by atoms with E-state index in [1.54, 1.807) is 0 Å². The molecule has 1 aromatic heterocycles. The topological polar surface area (TPSA) is 87.7 Å². The highest BCUT2D eigenvalue weighted by atomic mass is 32.1. The lowest BCUT2D eigenvalue weighted by molar-refractivity contribution is -0.136. The number of rotatable bonds is 8. The van der Waals surface area contributed by atoms with Gasteiger partial charge in [-0.15, -0.1) is 11.3 Å². The molecule has 2 rings (SSSR count). The van der Waals surface area contributed by atoms with Crippen molar-refractivity contribution in [2.75, 3.05) is 6.54 Å². The van der Waals surface area contributed by atoms with Gasteiger partial charge in [0.05, 0.1) is 6.42 Å². The zero-order chi connectivity index (χ0) is 17.7. The van der Waals surface area contributed by atoms with Gasteiger partial charge in [0, 0.05) is 28.9 Å². The molecule has 1 heterocycles. The number of carbonyl (C=O) groups is 2. The van der Waals surface area contributed by atoms with Crippen molar-refractivity contribution in [3.63, 3.8) is 0 Å². The molecular weight excluding hydrogens is 328 g/mol. The number of hydrogen-bond acceptors (Lipinski definition) is 5. The fraction of sp³-hybridized carbons (Fsp3) is 0.647. The Labute approximate surface area is 146 Å². The Kier molecular flexibility index (Phi) is 6.23. The van der Waals surface area contributed by atoms with E-state index in [1.165, 1.54) is 24.2 Å². The van der Waals surface area contributed by atoms with Gasteiger partial charge in [-0.1, -0.05) is 0 Å². The lowest BCUT2D eigenvalue weighted by Gasteiger charge is -2.22. The number of amides is 1. The van der Waals surface area contributed by atoms with Gasteiger partial charge >= 0.3 is 12.1 Å². The average molecular weight is 354 g/mol. The summed E-state index contributed by atoms with van der Waals surface area (Å²) in [4.78, 5) is 24.5. The second-order valence-corrected chi connectivity index (χ2v) is 8.40. The van der Waals surface area contributed by atoms with Crippen LogP contribution in [-0.2, 0) is 22.5 Å². The molecule has 0 spiro atoms. The molecule has 0 aliphatic heterocycles. The largest absolute Gasteiger partial charge is 0.481 e. The Morgan fingerprint density at radius 3 is 2.58 bits per heavy atom. The predicted molar refractivity (Wildman–Crippen MR) is 93.2 cm³/mol. The van der Waals surface area contributed by atoms with Crippen molar-refractivity contribution in [1.29, 1.82) is 0 Å². The van der Waals surface area contributed by atoms with Crippen LogP contribution in [0, 0.1) is 5.92 Å². The minimum absolute atomic E-state index is 0.0664. The lowest BCUT2D eigenvalue weighted by Crippen LogP contribution is -2.43. The molecule has 1 aliphatic carbocycles. The van der Waals surface area contributed by atoms with Crippen LogP contribution in [0.25, 0.3) is 0 Å². The molecule has 1 amide bonds. The van der Waals surface area contributed by atoms with Crippen molar-refractivity contribution in [2.45, 2.75) is 58.2 Å². The molecule has 1 aromatic rings. The third-order valence-electron chi connectivity index (χ3n) is 3.64. The summed E-state index contributed by atoms with van der Waals surface area (Å²) in [5.74, 6) is -0.229. The van der Waals surface area contributed by atoms with Crippen molar-refractivity contribution in [3.8, 4) is 0 Å². The summed E-state index contributed by atoms with van der Waals surface area (Å²) in [6, 6.07) is 4.03. The van der Waals surface area contributed by atoms with Crippen LogP contribution in [0.5, 0.6) is 0 Å². The number of hydrogen-bond donors (Lipinski definition) is 3. The minimum Gasteiger partial charge on any atom is -0.481 e. The summed E-state index contributed by atoms with van der Waals surface area (Å²) in [6.45, 7) is 6.74. The lowest BCUT2D eigenvalue weighted by atomic mass is 10.2. The second kappa shape index (κ2) is 7.98.